The molecule has 0 saturated carbocycles. The van der Waals surface area contributed by atoms with Gasteiger partial charge in [0.1, 0.15) is 0 Å². The number of guanidine groups is 1. The Labute approximate surface area is 209 Å². The van der Waals surface area contributed by atoms with Gasteiger partial charge in [0.05, 0.1) is 6.54 Å². The van der Waals surface area contributed by atoms with Crippen LogP contribution in [0.5, 0.6) is 0 Å². The third kappa shape index (κ3) is 8.26. The van der Waals surface area contributed by atoms with Gasteiger partial charge in [-0.3, -0.25) is 9.59 Å². The molecule has 2 N–H and O–H groups in total. The fourth-order valence-electron chi connectivity index (χ4n) is 4.12. The molecular formula is C24H38IN5O2. The maximum absolute atomic E-state index is 12.1. The molecule has 0 aliphatic carbocycles. The van der Waals surface area contributed by atoms with Crippen molar-refractivity contribution in [2.75, 3.05) is 37.6 Å². The molecule has 178 valence electrons. The van der Waals surface area contributed by atoms with Crippen molar-refractivity contribution in [2.45, 2.75) is 64.8 Å². The third-order valence-electron chi connectivity index (χ3n) is 5.90. The lowest BCUT2D eigenvalue weighted by Crippen LogP contribution is -2.39. The zero-order valence-electron chi connectivity index (χ0n) is 19.3. The molecule has 0 atom stereocenters. The van der Waals surface area contributed by atoms with E-state index in [1.807, 2.05) is 21.9 Å². The highest BCUT2D eigenvalue weighted by Gasteiger charge is 2.19. The minimum Gasteiger partial charge on any atom is -0.357 e. The molecule has 2 heterocycles. The first-order valence-electron chi connectivity index (χ1n) is 11.9. The van der Waals surface area contributed by atoms with Crippen LogP contribution in [-0.2, 0) is 16.1 Å². The number of rotatable bonds is 8. The molecule has 0 bridgehead atoms. The Hall–Kier alpha value is -1.84. The fraction of sp³-hybridized carbons (Fsp3) is 0.625. The summed E-state index contributed by atoms with van der Waals surface area (Å²) in [4.78, 5) is 32.8. The normalized spacial score (nSPS) is 17.6. The first kappa shape index (κ1) is 26.4. The molecule has 2 amide bonds. The molecule has 32 heavy (non-hydrogen) atoms. The van der Waals surface area contributed by atoms with E-state index in [-0.39, 0.29) is 29.9 Å². The number of nitrogens with zero attached hydrogens (tertiary/aromatic N) is 3. The van der Waals surface area contributed by atoms with Gasteiger partial charge in [-0.15, -0.1) is 24.0 Å². The lowest BCUT2D eigenvalue weighted by atomic mass is 10.1. The summed E-state index contributed by atoms with van der Waals surface area (Å²) in [6.07, 6.45) is 7.63. The van der Waals surface area contributed by atoms with Gasteiger partial charge >= 0.3 is 0 Å². The molecule has 2 aliphatic heterocycles. The van der Waals surface area contributed by atoms with E-state index in [0.29, 0.717) is 25.3 Å². The monoisotopic (exact) mass is 555 g/mol. The minimum atomic E-state index is 0. The van der Waals surface area contributed by atoms with E-state index in [1.165, 1.54) is 0 Å². The van der Waals surface area contributed by atoms with E-state index in [9.17, 15) is 9.59 Å². The summed E-state index contributed by atoms with van der Waals surface area (Å²) in [5.41, 5.74) is 2.09. The number of piperidine rings is 1. The smallest absolute Gasteiger partial charge is 0.226 e. The molecule has 3 rings (SSSR count). The Morgan fingerprint density at radius 2 is 1.66 bits per heavy atom. The van der Waals surface area contributed by atoms with Gasteiger partial charge in [-0.1, -0.05) is 18.6 Å². The van der Waals surface area contributed by atoms with Crippen LogP contribution in [0.1, 0.15) is 63.9 Å². The Morgan fingerprint density at radius 3 is 2.41 bits per heavy atom. The van der Waals surface area contributed by atoms with Gasteiger partial charge in [-0.05, 0) is 56.7 Å². The van der Waals surface area contributed by atoms with E-state index in [2.05, 4.69) is 34.7 Å². The molecule has 0 spiro atoms. The van der Waals surface area contributed by atoms with Gasteiger partial charge in [0, 0.05) is 51.3 Å². The average Bonchev–Trinajstić information content (AvgIpc) is 2.99. The van der Waals surface area contributed by atoms with E-state index in [1.54, 1.807) is 0 Å². The number of hydrogen-bond acceptors (Lipinski definition) is 3. The number of benzene rings is 1. The highest BCUT2D eigenvalue weighted by Crippen LogP contribution is 2.21. The van der Waals surface area contributed by atoms with Gasteiger partial charge in [-0.25, -0.2) is 4.99 Å². The van der Waals surface area contributed by atoms with Crippen LogP contribution in [0.2, 0.25) is 0 Å². The highest BCUT2D eigenvalue weighted by atomic mass is 127. The maximum Gasteiger partial charge on any atom is 0.226 e. The summed E-state index contributed by atoms with van der Waals surface area (Å²) in [5, 5.41) is 6.66. The Kier molecular flexibility index (Phi) is 11.8. The summed E-state index contributed by atoms with van der Waals surface area (Å²) in [5.74, 6) is 1.31. The van der Waals surface area contributed by atoms with Crippen molar-refractivity contribution in [2.24, 2.45) is 4.99 Å². The molecule has 1 aromatic carbocycles. The van der Waals surface area contributed by atoms with E-state index in [4.69, 9.17) is 0 Å². The summed E-state index contributed by atoms with van der Waals surface area (Å²) in [6.45, 7) is 6.73. The number of likely N-dealkylation sites (tertiary alicyclic amines) is 1. The summed E-state index contributed by atoms with van der Waals surface area (Å²) < 4.78 is 0. The van der Waals surface area contributed by atoms with Crippen molar-refractivity contribution < 1.29 is 9.59 Å². The predicted molar refractivity (Wildman–Crippen MR) is 141 cm³/mol. The predicted octanol–water partition coefficient (Wildman–Crippen LogP) is 3.67. The number of hydrogen-bond donors (Lipinski definition) is 2. The van der Waals surface area contributed by atoms with Gasteiger partial charge in [-0.2, -0.15) is 0 Å². The highest BCUT2D eigenvalue weighted by molar-refractivity contribution is 14.0. The lowest BCUT2D eigenvalue weighted by molar-refractivity contribution is -0.130. The van der Waals surface area contributed by atoms with Crippen molar-refractivity contribution in [3.8, 4) is 0 Å². The maximum atomic E-state index is 12.1. The van der Waals surface area contributed by atoms with Crippen LogP contribution in [0.3, 0.4) is 0 Å². The van der Waals surface area contributed by atoms with E-state index >= 15 is 0 Å². The quantitative estimate of drug-likeness (QED) is 0.222. The zero-order valence-corrected chi connectivity index (χ0v) is 21.6. The van der Waals surface area contributed by atoms with Crippen LogP contribution in [0.15, 0.2) is 29.3 Å². The van der Waals surface area contributed by atoms with E-state index < -0.39 is 0 Å². The lowest BCUT2D eigenvalue weighted by Gasteiger charge is -2.26. The Morgan fingerprint density at radius 1 is 0.938 bits per heavy atom. The Bertz CT molecular complexity index is 753. The largest absolute Gasteiger partial charge is 0.357 e. The number of amides is 2. The van der Waals surface area contributed by atoms with Crippen LogP contribution >= 0.6 is 24.0 Å². The van der Waals surface area contributed by atoms with Gasteiger partial charge < -0.3 is 20.4 Å². The minimum absolute atomic E-state index is 0. The number of aliphatic imine (C=N–C) groups is 1. The molecule has 2 fully saturated rings. The van der Waals surface area contributed by atoms with Crippen LogP contribution in [0, 0.1) is 0 Å². The van der Waals surface area contributed by atoms with Gasteiger partial charge in [0.2, 0.25) is 11.8 Å². The molecule has 2 saturated heterocycles. The second-order valence-corrected chi connectivity index (χ2v) is 8.34. The van der Waals surface area contributed by atoms with Crippen LogP contribution in [0.25, 0.3) is 0 Å². The van der Waals surface area contributed by atoms with Crippen molar-refractivity contribution in [1.29, 1.82) is 0 Å². The van der Waals surface area contributed by atoms with Crippen LogP contribution < -0.4 is 15.5 Å². The van der Waals surface area contributed by atoms with Crippen molar-refractivity contribution in [3.63, 3.8) is 0 Å². The second-order valence-electron chi connectivity index (χ2n) is 8.34. The van der Waals surface area contributed by atoms with Crippen molar-refractivity contribution >= 4 is 47.4 Å². The zero-order chi connectivity index (χ0) is 21.9. The summed E-state index contributed by atoms with van der Waals surface area (Å²) in [7, 11) is 0. The van der Waals surface area contributed by atoms with Gasteiger partial charge in [0.15, 0.2) is 5.96 Å². The third-order valence-corrected chi connectivity index (χ3v) is 5.90. The number of halogens is 1. The van der Waals surface area contributed by atoms with Crippen LogP contribution in [-0.4, -0.2) is 55.4 Å². The summed E-state index contributed by atoms with van der Waals surface area (Å²) in [6, 6.07) is 8.14. The number of carbonyl (C=O) groups is 2. The molecule has 2 aliphatic rings. The Balaban J connectivity index is 0.00000363. The first-order chi connectivity index (χ1) is 15.2. The molecule has 0 radical (unpaired) electrons. The molecule has 0 unspecified atom stereocenters. The SMILES string of the molecule is CCNC(=NCc1ccc(N2CCCCC2=O)cc1)NCCCN1CCCCCC1=O.I. The van der Waals surface area contributed by atoms with Crippen molar-refractivity contribution in [1.82, 2.24) is 15.5 Å². The number of carbonyl (C=O) groups excluding carboxylic acids is 2. The molecule has 8 heteroatoms. The standard InChI is InChI=1S/C24H37N5O2.HI/c1-2-25-24(26-15-8-17-28-16-6-3-4-9-22(28)30)27-19-20-11-13-21(14-12-20)29-18-7-5-10-23(29)31;/h11-14H,2-10,15-19H2,1H3,(H2,25,26,27);1H. The molecule has 1 aromatic rings. The fourth-order valence-corrected chi connectivity index (χ4v) is 4.12. The molecule has 7 nitrogen and oxygen atoms in total. The molecular weight excluding hydrogens is 517 g/mol. The number of anilines is 1. The topological polar surface area (TPSA) is 77.0 Å². The van der Waals surface area contributed by atoms with Crippen molar-refractivity contribution in [3.05, 3.63) is 29.8 Å². The van der Waals surface area contributed by atoms with Gasteiger partial charge in [0.25, 0.3) is 0 Å². The molecule has 0 aromatic heterocycles. The van der Waals surface area contributed by atoms with Crippen LogP contribution in [0.4, 0.5) is 5.69 Å². The average molecular weight is 556 g/mol. The second kappa shape index (κ2) is 14.3. The summed E-state index contributed by atoms with van der Waals surface area (Å²) >= 11 is 0. The van der Waals surface area contributed by atoms with E-state index in [0.717, 1.165) is 88.5 Å². The first-order valence-corrected chi connectivity index (χ1v) is 11.9. The number of nitrogens with one attached hydrogen (secondary N) is 2.